The van der Waals surface area contributed by atoms with E-state index in [0.717, 1.165) is 30.2 Å². The molecule has 0 unspecified atom stereocenters. The van der Waals surface area contributed by atoms with Crippen LogP contribution in [-0.2, 0) is 12.8 Å². The van der Waals surface area contributed by atoms with Crippen LogP contribution < -0.4 is 5.32 Å². The summed E-state index contributed by atoms with van der Waals surface area (Å²) in [6.07, 6.45) is 8.63. The SMILES string of the molecule is Clc1nc2c(c(Nc3ccnn3C3CC3)n1)CCCC2. The second-order valence-corrected chi connectivity index (χ2v) is 5.83. The molecule has 0 bridgehead atoms. The monoisotopic (exact) mass is 289 g/mol. The standard InChI is InChI=1S/C14H16ClN5/c15-14-17-11-4-2-1-3-10(11)13(19-14)18-12-7-8-16-20(12)9-5-6-9/h7-9H,1-6H2,(H,17,18,19). The zero-order chi connectivity index (χ0) is 13.5. The fraction of sp³-hybridized carbons (Fsp3) is 0.500. The van der Waals surface area contributed by atoms with Crippen LogP contribution in [0.25, 0.3) is 0 Å². The van der Waals surface area contributed by atoms with E-state index in [4.69, 9.17) is 11.6 Å². The molecule has 6 heteroatoms. The Morgan fingerprint density at radius 2 is 2.05 bits per heavy atom. The van der Waals surface area contributed by atoms with Gasteiger partial charge in [0.25, 0.3) is 0 Å². The lowest BCUT2D eigenvalue weighted by Gasteiger charge is -2.19. The largest absolute Gasteiger partial charge is 0.325 e. The molecule has 2 aromatic heterocycles. The molecule has 5 nitrogen and oxygen atoms in total. The van der Waals surface area contributed by atoms with E-state index in [9.17, 15) is 0 Å². The molecular formula is C14H16ClN5. The summed E-state index contributed by atoms with van der Waals surface area (Å²) in [5, 5.41) is 8.12. The molecular weight excluding hydrogens is 274 g/mol. The predicted molar refractivity (Wildman–Crippen MR) is 77.5 cm³/mol. The van der Waals surface area contributed by atoms with Crippen molar-refractivity contribution < 1.29 is 0 Å². The number of hydrogen-bond donors (Lipinski definition) is 1. The first-order valence-electron chi connectivity index (χ1n) is 7.17. The highest BCUT2D eigenvalue weighted by Gasteiger charge is 2.27. The topological polar surface area (TPSA) is 55.6 Å². The molecule has 2 aromatic rings. The molecule has 0 aromatic carbocycles. The fourth-order valence-electron chi connectivity index (χ4n) is 2.81. The molecule has 0 radical (unpaired) electrons. The Labute approximate surface area is 122 Å². The number of aryl methyl sites for hydroxylation is 1. The van der Waals surface area contributed by atoms with Crippen LogP contribution in [0.5, 0.6) is 0 Å². The smallest absolute Gasteiger partial charge is 0.224 e. The van der Waals surface area contributed by atoms with Crippen LogP contribution in [0.4, 0.5) is 11.6 Å². The molecule has 0 spiro atoms. The van der Waals surface area contributed by atoms with Gasteiger partial charge in [0.1, 0.15) is 11.6 Å². The Kier molecular flexibility index (Phi) is 2.88. The van der Waals surface area contributed by atoms with Gasteiger partial charge in [-0.1, -0.05) is 0 Å². The summed E-state index contributed by atoms with van der Waals surface area (Å²) in [6, 6.07) is 2.53. The lowest BCUT2D eigenvalue weighted by molar-refractivity contribution is 0.647. The Balaban J connectivity index is 1.71. The van der Waals surface area contributed by atoms with Gasteiger partial charge in [0, 0.05) is 11.6 Å². The van der Waals surface area contributed by atoms with Crippen LogP contribution in [0.15, 0.2) is 12.3 Å². The van der Waals surface area contributed by atoms with Crippen molar-refractivity contribution in [1.82, 2.24) is 19.7 Å². The van der Waals surface area contributed by atoms with Crippen LogP contribution in [0.1, 0.15) is 43.0 Å². The van der Waals surface area contributed by atoms with Gasteiger partial charge >= 0.3 is 0 Å². The second kappa shape index (κ2) is 4.74. The van der Waals surface area contributed by atoms with Gasteiger partial charge in [-0.05, 0) is 50.1 Å². The molecule has 2 aliphatic rings. The highest BCUT2D eigenvalue weighted by atomic mass is 35.5. The Hall–Kier alpha value is -1.62. The van der Waals surface area contributed by atoms with Crippen molar-refractivity contribution in [3.8, 4) is 0 Å². The van der Waals surface area contributed by atoms with Gasteiger partial charge < -0.3 is 5.32 Å². The fourth-order valence-corrected chi connectivity index (χ4v) is 3.00. The van der Waals surface area contributed by atoms with Crippen LogP contribution in [0, 0.1) is 0 Å². The van der Waals surface area contributed by atoms with Crippen LogP contribution >= 0.6 is 11.6 Å². The van der Waals surface area contributed by atoms with E-state index >= 15 is 0 Å². The van der Waals surface area contributed by atoms with Crippen LogP contribution in [0.2, 0.25) is 5.28 Å². The van der Waals surface area contributed by atoms with Gasteiger partial charge in [-0.3, -0.25) is 0 Å². The number of rotatable bonds is 3. The molecule has 0 atom stereocenters. The number of nitrogens with one attached hydrogen (secondary N) is 1. The van der Waals surface area contributed by atoms with Crippen molar-refractivity contribution in [3.05, 3.63) is 28.8 Å². The van der Waals surface area contributed by atoms with Crippen molar-refractivity contribution in [2.45, 2.75) is 44.6 Å². The summed E-state index contributed by atoms with van der Waals surface area (Å²) in [4.78, 5) is 8.75. The molecule has 1 N–H and O–H groups in total. The van der Waals surface area contributed by atoms with Gasteiger partial charge in [-0.2, -0.15) is 5.10 Å². The maximum atomic E-state index is 6.05. The Morgan fingerprint density at radius 1 is 1.20 bits per heavy atom. The van der Waals surface area contributed by atoms with Gasteiger partial charge in [0.2, 0.25) is 5.28 Å². The summed E-state index contributed by atoms with van der Waals surface area (Å²) in [6.45, 7) is 0. The maximum absolute atomic E-state index is 6.05. The third-order valence-corrected chi connectivity index (χ3v) is 4.13. The van der Waals surface area contributed by atoms with E-state index in [1.54, 1.807) is 0 Å². The van der Waals surface area contributed by atoms with E-state index in [0.29, 0.717) is 11.3 Å². The molecule has 104 valence electrons. The van der Waals surface area contributed by atoms with Gasteiger partial charge in [0.05, 0.1) is 17.9 Å². The van der Waals surface area contributed by atoms with E-state index < -0.39 is 0 Å². The number of nitrogens with zero attached hydrogens (tertiary/aromatic N) is 4. The van der Waals surface area contributed by atoms with Gasteiger partial charge in [-0.15, -0.1) is 0 Å². The lowest BCUT2D eigenvalue weighted by atomic mass is 9.96. The van der Waals surface area contributed by atoms with Crippen LogP contribution in [0.3, 0.4) is 0 Å². The third-order valence-electron chi connectivity index (χ3n) is 3.97. The average molecular weight is 290 g/mol. The van der Waals surface area contributed by atoms with Gasteiger partial charge in [-0.25, -0.2) is 14.6 Å². The first-order valence-corrected chi connectivity index (χ1v) is 7.55. The summed E-state index contributed by atoms with van der Waals surface area (Å²) in [5.74, 6) is 1.84. The van der Waals surface area contributed by atoms with Crippen LogP contribution in [-0.4, -0.2) is 19.7 Å². The second-order valence-electron chi connectivity index (χ2n) is 5.49. The Morgan fingerprint density at radius 3 is 2.90 bits per heavy atom. The molecule has 20 heavy (non-hydrogen) atoms. The highest BCUT2D eigenvalue weighted by molar-refractivity contribution is 6.28. The first kappa shape index (κ1) is 12.1. The lowest BCUT2D eigenvalue weighted by Crippen LogP contribution is -2.12. The summed E-state index contributed by atoms with van der Waals surface area (Å²) in [7, 11) is 0. The Bertz CT molecular complexity index is 647. The van der Waals surface area contributed by atoms with Crippen molar-refractivity contribution in [2.24, 2.45) is 0 Å². The normalized spacial score (nSPS) is 17.9. The maximum Gasteiger partial charge on any atom is 0.224 e. The third kappa shape index (κ3) is 2.16. The zero-order valence-electron chi connectivity index (χ0n) is 11.1. The van der Waals surface area contributed by atoms with E-state index in [1.807, 2.05) is 16.9 Å². The molecule has 2 heterocycles. The number of hydrogen-bond acceptors (Lipinski definition) is 4. The minimum atomic E-state index is 0.325. The number of halogens is 1. The van der Waals surface area contributed by atoms with Crippen molar-refractivity contribution in [2.75, 3.05) is 5.32 Å². The molecule has 2 aliphatic carbocycles. The minimum absolute atomic E-state index is 0.325. The molecule has 0 amide bonds. The summed E-state index contributed by atoms with van der Waals surface area (Å²) in [5.41, 5.74) is 2.31. The quantitative estimate of drug-likeness (QED) is 0.881. The number of aromatic nitrogens is 4. The predicted octanol–water partition coefficient (Wildman–Crippen LogP) is 3.28. The molecule has 1 saturated carbocycles. The van der Waals surface area contributed by atoms with E-state index in [2.05, 4.69) is 20.4 Å². The number of fused-ring (bicyclic) bond motifs is 1. The first-order chi connectivity index (χ1) is 9.81. The zero-order valence-corrected chi connectivity index (χ0v) is 11.9. The van der Waals surface area contributed by atoms with Crippen molar-refractivity contribution in [3.63, 3.8) is 0 Å². The van der Waals surface area contributed by atoms with Gasteiger partial charge in [0.15, 0.2) is 0 Å². The molecule has 4 rings (SSSR count). The number of anilines is 2. The highest BCUT2D eigenvalue weighted by Crippen LogP contribution is 2.37. The van der Waals surface area contributed by atoms with Crippen molar-refractivity contribution >= 4 is 23.2 Å². The molecule has 0 aliphatic heterocycles. The average Bonchev–Trinajstić information content (AvgIpc) is 3.19. The summed E-state index contributed by atoms with van der Waals surface area (Å²) >= 11 is 6.05. The van der Waals surface area contributed by atoms with E-state index in [-0.39, 0.29) is 0 Å². The minimum Gasteiger partial charge on any atom is -0.325 e. The van der Waals surface area contributed by atoms with Crippen molar-refractivity contribution in [1.29, 1.82) is 0 Å². The molecule has 0 saturated heterocycles. The van der Waals surface area contributed by atoms with E-state index in [1.165, 1.54) is 31.2 Å². The molecule has 1 fully saturated rings. The summed E-state index contributed by atoms with van der Waals surface area (Å²) < 4.78 is 2.05.